The first-order valence-corrected chi connectivity index (χ1v) is 7.96. The fourth-order valence-electron chi connectivity index (χ4n) is 1.94. The van der Waals surface area contributed by atoms with Crippen molar-refractivity contribution in [3.8, 4) is 5.75 Å². The van der Waals surface area contributed by atoms with Gasteiger partial charge in [-0.3, -0.25) is 4.79 Å². The summed E-state index contributed by atoms with van der Waals surface area (Å²) in [5, 5.41) is 2.91. The van der Waals surface area contributed by atoms with E-state index in [4.69, 9.17) is 10.5 Å². The number of hydrogen-bond donors (Lipinski definition) is 2. The van der Waals surface area contributed by atoms with Gasteiger partial charge in [0.05, 0.1) is 7.11 Å². The molecule has 0 bridgehead atoms. The van der Waals surface area contributed by atoms with Gasteiger partial charge in [-0.2, -0.15) is 0 Å². The molecule has 20 heavy (non-hydrogen) atoms. The van der Waals surface area contributed by atoms with E-state index in [1.807, 2.05) is 24.3 Å². The highest BCUT2D eigenvalue weighted by Crippen LogP contribution is 2.31. The zero-order chi connectivity index (χ0) is 14.4. The molecule has 0 heterocycles. The van der Waals surface area contributed by atoms with Gasteiger partial charge in [-0.1, -0.05) is 0 Å². The topological polar surface area (TPSA) is 64.3 Å². The van der Waals surface area contributed by atoms with Crippen LogP contribution in [0.1, 0.15) is 19.3 Å². The van der Waals surface area contributed by atoms with Crippen LogP contribution in [0, 0.1) is 5.92 Å². The van der Waals surface area contributed by atoms with Gasteiger partial charge in [-0.25, -0.2) is 0 Å². The number of benzene rings is 1. The molecule has 1 unspecified atom stereocenters. The predicted molar refractivity (Wildman–Crippen MR) is 82.0 cm³/mol. The summed E-state index contributed by atoms with van der Waals surface area (Å²) in [6.45, 7) is 0.608. The van der Waals surface area contributed by atoms with Crippen LogP contribution in [0.4, 0.5) is 0 Å². The number of nitrogens with one attached hydrogen (secondary N) is 1. The normalized spacial score (nSPS) is 15.7. The molecule has 0 aliphatic heterocycles. The third-order valence-corrected chi connectivity index (χ3v) is 4.43. The molecule has 1 aliphatic rings. The van der Waals surface area contributed by atoms with Crippen molar-refractivity contribution >= 4 is 17.7 Å². The Balaban J connectivity index is 1.60. The first kappa shape index (κ1) is 15.2. The fourth-order valence-corrected chi connectivity index (χ4v) is 2.80. The molecule has 0 radical (unpaired) electrons. The van der Waals surface area contributed by atoms with Crippen LogP contribution in [0.15, 0.2) is 29.2 Å². The third kappa shape index (κ3) is 5.06. The molecule has 0 saturated heterocycles. The molecular weight excluding hydrogens is 272 g/mol. The Morgan fingerprint density at radius 2 is 2.15 bits per heavy atom. The van der Waals surface area contributed by atoms with Gasteiger partial charge in [0.25, 0.3) is 0 Å². The summed E-state index contributed by atoms with van der Waals surface area (Å²) in [5.74, 6) is 2.34. The highest BCUT2D eigenvalue weighted by molar-refractivity contribution is 7.99. The van der Waals surface area contributed by atoms with Crippen LogP contribution < -0.4 is 15.8 Å². The molecule has 1 atom stereocenters. The summed E-state index contributed by atoms with van der Waals surface area (Å²) in [7, 11) is 1.65. The Kier molecular flexibility index (Phi) is 5.73. The maximum Gasteiger partial charge on any atom is 0.220 e. The van der Waals surface area contributed by atoms with Gasteiger partial charge in [0.15, 0.2) is 0 Å². The molecule has 3 N–H and O–H groups in total. The maximum absolute atomic E-state index is 11.7. The van der Waals surface area contributed by atoms with E-state index < -0.39 is 0 Å². The molecule has 5 heteroatoms. The van der Waals surface area contributed by atoms with E-state index in [0.717, 1.165) is 16.4 Å². The molecule has 1 aromatic carbocycles. The average molecular weight is 294 g/mol. The van der Waals surface area contributed by atoms with Crippen molar-refractivity contribution in [2.45, 2.75) is 30.2 Å². The Hall–Kier alpha value is -1.20. The van der Waals surface area contributed by atoms with Crippen LogP contribution in [0.5, 0.6) is 5.75 Å². The van der Waals surface area contributed by atoms with E-state index in [9.17, 15) is 4.79 Å². The minimum Gasteiger partial charge on any atom is -0.497 e. The number of rotatable bonds is 8. The lowest BCUT2D eigenvalue weighted by molar-refractivity contribution is -0.120. The van der Waals surface area contributed by atoms with Crippen LogP contribution >= 0.6 is 11.8 Å². The zero-order valence-corrected chi connectivity index (χ0v) is 12.6. The smallest absolute Gasteiger partial charge is 0.220 e. The van der Waals surface area contributed by atoms with Crippen molar-refractivity contribution in [3.63, 3.8) is 0 Å². The van der Waals surface area contributed by atoms with Crippen molar-refractivity contribution in [2.24, 2.45) is 11.7 Å². The standard InChI is InChI=1S/C15H22N2O2S/c1-19-12-4-6-13(7-5-12)20-9-8-15(18)17-10-14(16)11-2-3-11/h4-7,11,14H,2-3,8-10,16H2,1H3,(H,17,18). The molecule has 0 spiro atoms. The number of nitrogens with two attached hydrogens (primary N) is 1. The van der Waals surface area contributed by atoms with E-state index in [0.29, 0.717) is 18.9 Å². The number of carbonyl (C=O) groups is 1. The Labute approximate surface area is 124 Å². The van der Waals surface area contributed by atoms with Gasteiger partial charge in [0.1, 0.15) is 5.75 Å². The monoisotopic (exact) mass is 294 g/mol. The summed E-state index contributed by atoms with van der Waals surface area (Å²) in [4.78, 5) is 12.8. The van der Waals surface area contributed by atoms with E-state index in [1.165, 1.54) is 12.8 Å². The lowest BCUT2D eigenvalue weighted by Gasteiger charge is -2.11. The number of thioether (sulfide) groups is 1. The van der Waals surface area contributed by atoms with Crippen LogP contribution in [0.2, 0.25) is 0 Å². The molecule has 0 aromatic heterocycles. The third-order valence-electron chi connectivity index (χ3n) is 3.42. The molecule has 1 aliphatic carbocycles. The summed E-state index contributed by atoms with van der Waals surface area (Å²) in [5.41, 5.74) is 5.94. The molecule has 110 valence electrons. The fraction of sp³-hybridized carbons (Fsp3) is 0.533. The molecule has 1 aromatic rings. The number of amides is 1. The second-order valence-corrected chi connectivity index (χ2v) is 6.25. The number of hydrogen-bond acceptors (Lipinski definition) is 4. The summed E-state index contributed by atoms with van der Waals surface area (Å²) < 4.78 is 5.11. The van der Waals surface area contributed by atoms with Gasteiger partial charge >= 0.3 is 0 Å². The van der Waals surface area contributed by atoms with E-state index in [2.05, 4.69) is 5.32 Å². The quantitative estimate of drug-likeness (QED) is 0.720. The Morgan fingerprint density at radius 3 is 2.75 bits per heavy atom. The van der Waals surface area contributed by atoms with Crippen molar-refractivity contribution in [1.82, 2.24) is 5.32 Å². The van der Waals surface area contributed by atoms with Gasteiger partial charge in [-0.05, 0) is 43.0 Å². The predicted octanol–water partition coefficient (Wildman–Crippen LogP) is 2.03. The van der Waals surface area contributed by atoms with Crippen molar-refractivity contribution in [2.75, 3.05) is 19.4 Å². The van der Waals surface area contributed by atoms with Gasteiger partial charge in [-0.15, -0.1) is 11.8 Å². The van der Waals surface area contributed by atoms with E-state index in [-0.39, 0.29) is 11.9 Å². The van der Waals surface area contributed by atoms with Crippen LogP contribution in [-0.2, 0) is 4.79 Å². The van der Waals surface area contributed by atoms with Crippen molar-refractivity contribution in [1.29, 1.82) is 0 Å². The summed E-state index contributed by atoms with van der Waals surface area (Å²) in [6, 6.07) is 8.00. The second-order valence-electron chi connectivity index (χ2n) is 5.08. The Morgan fingerprint density at radius 1 is 1.45 bits per heavy atom. The SMILES string of the molecule is COc1ccc(SCCC(=O)NCC(N)C2CC2)cc1. The number of ether oxygens (including phenoxy) is 1. The summed E-state index contributed by atoms with van der Waals surface area (Å²) in [6.07, 6.45) is 2.95. The molecular formula is C15H22N2O2S. The largest absolute Gasteiger partial charge is 0.497 e. The maximum atomic E-state index is 11.7. The van der Waals surface area contributed by atoms with Crippen molar-refractivity contribution < 1.29 is 9.53 Å². The zero-order valence-electron chi connectivity index (χ0n) is 11.8. The van der Waals surface area contributed by atoms with Crippen LogP contribution in [0.3, 0.4) is 0 Å². The van der Waals surface area contributed by atoms with E-state index >= 15 is 0 Å². The average Bonchev–Trinajstić information content (AvgIpc) is 3.30. The number of methoxy groups -OCH3 is 1. The molecule has 1 saturated carbocycles. The highest BCUT2D eigenvalue weighted by Gasteiger charge is 2.28. The van der Waals surface area contributed by atoms with E-state index in [1.54, 1.807) is 18.9 Å². The van der Waals surface area contributed by atoms with Gasteiger partial charge in [0.2, 0.25) is 5.91 Å². The molecule has 1 fully saturated rings. The summed E-state index contributed by atoms with van der Waals surface area (Å²) >= 11 is 1.67. The first-order valence-electron chi connectivity index (χ1n) is 6.98. The van der Waals surface area contributed by atoms with Gasteiger partial charge < -0.3 is 15.8 Å². The lowest BCUT2D eigenvalue weighted by Crippen LogP contribution is -2.38. The second kappa shape index (κ2) is 7.55. The lowest BCUT2D eigenvalue weighted by atomic mass is 10.2. The van der Waals surface area contributed by atoms with Crippen LogP contribution in [-0.4, -0.2) is 31.4 Å². The van der Waals surface area contributed by atoms with Crippen molar-refractivity contribution in [3.05, 3.63) is 24.3 Å². The molecule has 2 rings (SSSR count). The molecule has 1 amide bonds. The minimum atomic E-state index is 0.0853. The minimum absolute atomic E-state index is 0.0853. The van der Waals surface area contributed by atoms with Gasteiger partial charge in [0, 0.05) is 29.7 Å². The molecule has 4 nitrogen and oxygen atoms in total. The first-order chi connectivity index (χ1) is 9.69. The highest BCUT2D eigenvalue weighted by atomic mass is 32.2. The number of carbonyl (C=O) groups excluding carboxylic acids is 1. The Bertz CT molecular complexity index is 432. The van der Waals surface area contributed by atoms with Crippen LogP contribution in [0.25, 0.3) is 0 Å².